The quantitative estimate of drug-likeness (QED) is 0.790. The molecule has 15 heavy (non-hydrogen) atoms. The number of hydrogen-bond donors (Lipinski definition) is 2. The Morgan fingerprint density at radius 3 is 3.20 bits per heavy atom. The van der Waals surface area contributed by atoms with Crippen molar-refractivity contribution in [3.8, 4) is 0 Å². The summed E-state index contributed by atoms with van der Waals surface area (Å²) in [5.41, 5.74) is 1.92. The summed E-state index contributed by atoms with van der Waals surface area (Å²) in [6.45, 7) is 4.11. The van der Waals surface area contributed by atoms with Crippen molar-refractivity contribution in [2.24, 2.45) is 0 Å². The zero-order valence-electron chi connectivity index (χ0n) is 8.57. The molecule has 0 fully saturated rings. The molecule has 0 saturated carbocycles. The lowest BCUT2D eigenvalue weighted by Gasteiger charge is -2.19. The number of aryl methyl sites for hydroxylation is 1. The third-order valence-electron chi connectivity index (χ3n) is 2.46. The van der Waals surface area contributed by atoms with E-state index in [0.29, 0.717) is 11.6 Å². The number of β-amino-alcohol motifs (C(OH)–C–C–N with tert-alkyl or cyclic N) is 1. The molecule has 1 aromatic rings. The van der Waals surface area contributed by atoms with Gasteiger partial charge in [0.1, 0.15) is 0 Å². The highest BCUT2D eigenvalue weighted by Gasteiger charge is 2.17. The van der Waals surface area contributed by atoms with Crippen LogP contribution >= 0.6 is 11.6 Å². The Morgan fingerprint density at radius 1 is 1.73 bits per heavy atom. The van der Waals surface area contributed by atoms with Crippen LogP contribution in [0.3, 0.4) is 0 Å². The number of aliphatic hydroxyl groups is 1. The molecule has 1 aliphatic heterocycles. The normalized spacial score (nSPS) is 21.5. The van der Waals surface area contributed by atoms with Gasteiger partial charge in [-0.15, -0.1) is 0 Å². The maximum atomic E-state index is 9.52. The van der Waals surface area contributed by atoms with Crippen molar-refractivity contribution in [2.75, 3.05) is 13.1 Å². The molecule has 0 amide bonds. The Morgan fingerprint density at radius 2 is 2.53 bits per heavy atom. The van der Waals surface area contributed by atoms with Crippen molar-refractivity contribution >= 4 is 17.2 Å². The smallest absolute Gasteiger partial charge is 0.0862 e. The number of halogens is 1. The summed E-state index contributed by atoms with van der Waals surface area (Å²) in [6.07, 6.45) is 3.04. The lowest BCUT2D eigenvalue weighted by Crippen LogP contribution is -2.32. The molecule has 0 radical (unpaired) electrons. The average Bonchev–Trinajstić information content (AvgIpc) is 2.59. The summed E-state index contributed by atoms with van der Waals surface area (Å²) < 4.78 is 1.84. The molecule has 1 aliphatic rings. The lowest BCUT2D eigenvalue weighted by atomic mass is 10.1. The fourth-order valence-corrected chi connectivity index (χ4v) is 2.05. The molecule has 2 heterocycles. The van der Waals surface area contributed by atoms with Crippen LogP contribution in [-0.4, -0.2) is 34.1 Å². The largest absolute Gasteiger partial charge is 0.388 e. The second-order valence-electron chi connectivity index (χ2n) is 3.55. The number of hydrogen-bond acceptors (Lipinski definition) is 3. The van der Waals surface area contributed by atoms with E-state index in [9.17, 15) is 5.11 Å². The van der Waals surface area contributed by atoms with Crippen LogP contribution in [-0.2, 0) is 6.54 Å². The van der Waals surface area contributed by atoms with Crippen molar-refractivity contribution in [3.05, 3.63) is 23.0 Å². The van der Waals surface area contributed by atoms with E-state index in [0.717, 1.165) is 24.4 Å². The molecule has 82 valence electrons. The van der Waals surface area contributed by atoms with Crippen LogP contribution < -0.4 is 5.32 Å². The summed E-state index contributed by atoms with van der Waals surface area (Å²) in [6, 6.07) is 0. The standard InChI is InChI=1S/C10H14ClN3O/c1-2-14-10(9(11)6-13-14)7-3-8(15)5-12-4-7/h3,6,8,12,15H,2,4-5H2,1H3. The molecule has 5 heteroatoms. The third kappa shape index (κ3) is 2.07. The Hall–Kier alpha value is -0.840. The highest BCUT2D eigenvalue weighted by Crippen LogP contribution is 2.24. The van der Waals surface area contributed by atoms with Gasteiger partial charge >= 0.3 is 0 Å². The topological polar surface area (TPSA) is 50.1 Å². The Labute approximate surface area is 93.5 Å². The fraction of sp³-hybridized carbons (Fsp3) is 0.500. The maximum absolute atomic E-state index is 9.52. The number of rotatable bonds is 2. The molecule has 0 aromatic carbocycles. The molecular formula is C10H14ClN3O. The summed E-state index contributed by atoms with van der Waals surface area (Å²) in [7, 11) is 0. The molecular weight excluding hydrogens is 214 g/mol. The van der Waals surface area contributed by atoms with Gasteiger partial charge in [0.2, 0.25) is 0 Å². The summed E-state index contributed by atoms with van der Waals surface area (Å²) in [4.78, 5) is 0. The first-order chi connectivity index (χ1) is 7.22. The van der Waals surface area contributed by atoms with Crippen LogP contribution in [0.25, 0.3) is 5.57 Å². The van der Waals surface area contributed by atoms with Crippen molar-refractivity contribution in [3.63, 3.8) is 0 Å². The van der Waals surface area contributed by atoms with E-state index in [2.05, 4.69) is 10.4 Å². The predicted molar refractivity (Wildman–Crippen MR) is 59.8 cm³/mol. The van der Waals surface area contributed by atoms with E-state index in [4.69, 9.17) is 11.6 Å². The molecule has 1 atom stereocenters. The second-order valence-corrected chi connectivity index (χ2v) is 3.95. The SMILES string of the molecule is CCn1ncc(Cl)c1C1=CC(O)CNC1. The van der Waals surface area contributed by atoms with Crippen LogP contribution in [0.2, 0.25) is 5.02 Å². The van der Waals surface area contributed by atoms with Gasteiger partial charge in [-0.25, -0.2) is 0 Å². The molecule has 4 nitrogen and oxygen atoms in total. The molecule has 0 aliphatic carbocycles. The molecule has 0 spiro atoms. The minimum absolute atomic E-state index is 0.440. The minimum Gasteiger partial charge on any atom is -0.388 e. The van der Waals surface area contributed by atoms with Crippen LogP contribution in [0.5, 0.6) is 0 Å². The molecule has 0 bridgehead atoms. The van der Waals surface area contributed by atoms with Gasteiger partial charge in [0.25, 0.3) is 0 Å². The van der Waals surface area contributed by atoms with Gasteiger partial charge in [-0.05, 0) is 18.6 Å². The number of nitrogens with one attached hydrogen (secondary N) is 1. The van der Waals surface area contributed by atoms with E-state index < -0.39 is 6.10 Å². The van der Waals surface area contributed by atoms with Crippen LogP contribution in [0.15, 0.2) is 12.3 Å². The molecule has 2 N–H and O–H groups in total. The van der Waals surface area contributed by atoms with E-state index in [1.807, 2.05) is 17.7 Å². The monoisotopic (exact) mass is 227 g/mol. The molecule has 2 rings (SSSR count). The van der Waals surface area contributed by atoms with Gasteiger partial charge in [-0.3, -0.25) is 4.68 Å². The van der Waals surface area contributed by atoms with E-state index in [1.54, 1.807) is 6.20 Å². The Balaban J connectivity index is 2.39. The summed E-state index contributed by atoms with van der Waals surface area (Å²) >= 11 is 6.07. The van der Waals surface area contributed by atoms with Crippen molar-refractivity contribution in [1.82, 2.24) is 15.1 Å². The average molecular weight is 228 g/mol. The van der Waals surface area contributed by atoms with Gasteiger partial charge < -0.3 is 10.4 Å². The van der Waals surface area contributed by atoms with Crippen molar-refractivity contribution in [2.45, 2.75) is 19.6 Å². The van der Waals surface area contributed by atoms with Gasteiger partial charge in [-0.1, -0.05) is 11.6 Å². The van der Waals surface area contributed by atoms with Crippen molar-refractivity contribution < 1.29 is 5.11 Å². The zero-order valence-corrected chi connectivity index (χ0v) is 9.33. The number of aromatic nitrogens is 2. The highest BCUT2D eigenvalue weighted by atomic mass is 35.5. The lowest BCUT2D eigenvalue weighted by molar-refractivity contribution is 0.216. The molecule has 1 aromatic heterocycles. The first kappa shape index (κ1) is 10.7. The van der Waals surface area contributed by atoms with Gasteiger partial charge in [0.05, 0.1) is 23.0 Å². The second kappa shape index (κ2) is 4.35. The highest BCUT2D eigenvalue weighted by molar-refractivity contribution is 6.32. The fourth-order valence-electron chi connectivity index (χ4n) is 1.79. The first-order valence-electron chi connectivity index (χ1n) is 5.03. The van der Waals surface area contributed by atoms with Gasteiger partial charge in [0, 0.05) is 19.6 Å². The van der Waals surface area contributed by atoms with E-state index in [1.165, 1.54) is 0 Å². The molecule has 0 saturated heterocycles. The summed E-state index contributed by atoms with van der Waals surface area (Å²) in [5.74, 6) is 0. The summed E-state index contributed by atoms with van der Waals surface area (Å²) in [5, 5.41) is 17.5. The zero-order chi connectivity index (χ0) is 10.8. The van der Waals surface area contributed by atoms with Gasteiger partial charge in [0.15, 0.2) is 0 Å². The van der Waals surface area contributed by atoms with E-state index in [-0.39, 0.29) is 0 Å². The van der Waals surface area contributed by atoms with E-state index >= 15 is 0 Å². The van der Waals surface area contributed by atoms with Crippen LogP contribution in [0.1, 0.15) is 12.6 Å². The van der Waals surface area contributed by atoms with Gasteiger partial charge in [-0.2, -0.15) is 5.10 Å². The number of nitrogens with zero attached hydrogens (tertiary/aromatic N) is 2. The number of aliphatic hydroxyl groups excluding tert-OH is 1. The minimum atomic E-state index is -0.440. The Kier molecular flexibility index (Phi) is 3.09. The Bertz CT molecular complexity index is 386. The molecule has 1 unspecified atom stereocenters. The van der Waals surface area contributed by atoms with Crippen LogP contribution in [0, 0.1) is 0 Å². The van der Waals surface area contributed by atoms with Crippen molar-refractivity contribution in [1.29, 1.82) is 0 Å². The first-order valence-corrected chi connectivity index (χ1v) is 5.41. The van der Waals surface area contributed by atoms with Crippen LogP contribution in [0.4, 0.5) is 0 Å². The predicted octanol–water partition coefficient (Wildman–Crippen LogP) is 0.904. The maximum Gasteiger partial charge on any atom is 0.0862 e. The third-order valence-corrected chi connectivity index (χ3v) is 2.74.